The summed E-state index contributed by atoms with van der Waals surface area (Å²) in [5.74, 6) is -0.270. The highest BCUT2D eigenvalue weighted by molar-refractivity contribution is 5.81. The van der Waals surface area contributed by atoms with Crippen molar-refractivity contribution in [2.75, 3.05) is 6.54 Å². The molecule has 1 heterocycles. The van der Waals surface area contributed by atoms with Crippen LogP contribution in [0.1, 0.15) is 123 Å². The van der Waals surface area contributed by atoms with Gasteiger partial charge in [-0.15, -0.1) is 0 Å². The average molecular weight is 448 g/mol. The van der Waals surface area contributed by atoms with Crippen molar-refractivity contribution in [2.45, 2.75) is 129 Å². The summed E-state index contributed by atoms with van der Waals surface area (Å²) in [5, 5.41) is 11.2. The van der Waals surface area contributed by atoms with Gasteiger partial charge in [0.2, 0.25) is 5.84 Å². The van der Waals surface area contributed by atoms with E-state index >= 15 is 0 Å². The molecule has 1 rings (SSSR count). The van der Waals surface area contributed by atoms with E-state index < -0.39 is 5.97 Å². The van der Waals surface area contributed by atoms with E-state index in [0.717, 1.165) is 31.5 Å². The fourth-order valence-electron chi connectivity index (χ4n) is 4.47. The Labute approximate surface area is 197 Å². The quantitative estimate of drug-likeness (QED) is 0.134. The zero-order valence-corrected chi connectivity index (χ0v) is 20.9. The second-order valence-electron chi connectivity index (χ2n) is 9.44. The number of hydrogen-bond acceptors (Lipinski definition) is 4. The third kappa shape index (κ3) is 12.0. The standard InChI is InChI=1S/C27H49N3O2/c1-3-4-5-6-7-8-9-10-11-12-13-14-15-16-17-18-19-20-21-26-29-22-23-30(26,25(2)28)24-27(31)32/h17-18,22-23,25H,3-16,19-21,24,28H2,1-2H3/b18-17+. The SMILES string of the molecule is CCCCCCCCCCCCCCC/C=C/CCCC1=NC=C[N+]1(CC(=O)[O-])C(C)N. The lowest BCUT2D eigenvalue weighted by atomic mass is 10.0. The number of carboxylic acid groups (broad SMARTS) is 1. The molecule has 0 aromatic heterocycles. The fraction of sp³-hybridized carbons (Fsp3) is 0.778. The maximum atomic E-state index is 11.2. The van der Waals surface area contributed by atoms with Crippen molar-refractivity contribution in [1.82, 2.24) is 0 Å². The zero-order chi connectivity index (χ0) is 23.5. The van der Waals surface area contributed by atoms with Gasteiger partial charge in [-0.1, -0.05) is 96.1 Å². The summed E-state index contributed by atoms with van der Waals surface area (Å²) >= 11 is 0. The summed E-state index contributed by atoms with van der Waals surface area (Å²) < 4.78 is 0.0883. The molecular formula is C27H49N3O2. The molecule has 2 N–H and O–H groups in total. The summed E-state index contributed by atoms with van der Waals surface area (Å²) in [7, 11) is 0. The monoisotopic (exact) mass is 447 g/mol. The largest absolute Gasteiger partial charge is 0.544 e. The Morgan fingerprint density at radius 1 is 0.938 bits per heavy atom. The number of quaternary nitrogens is 1. The van der Waals surface area contributed by atoms with Gasteiger partial charge in [0.15, 0.2) is 0 Å². The van der Waals surface area contributed by atoms with Crippen LogP contribution in [-0.2, 0) is 4.79 Å². The molecule has 2 atom stereocenters. The molecule has 184 valence electrons. The molecule has 0 radical (unpaired) electrons. The van der Waals surface area contributed by atoms with Gasteiger partial charge in [-0.05, 0) is 25.7 Å². The molecule has 1 aliphatic rings. The van der Waals surface area contributed by atoms with Gasteiger partial charge in [0.25, 0.3) is 0 Å². The van der Waals surface area contributed by atoms with Gasteiger partial charge in [0.1, 0.15) is 18.9 Å². The number of unbranched alkanes of at least 4 members (excludes halogenated alkanes) is 14. The van der Waals surface area contributed by atoms with Crippen molar-refractivity contribution in [1.29, 1.82) is 0 Å². The van der Waals surface area contributed by atoms with E-state index in [1.54, 1.807) is 12.4 Å². The minimum atomic E-state index is -1.10. The van der Waals surface area contributed by atoms with Crippen LogP contribution in [0.2, 0.25) is 0 Å². The molecule has 0 amide bonds. The highest BCUT2D eigenvalue weighted by Crippen LogP contribution is 2.23. The lowest BCUT2D eigenvalue weighted by Crippen LogP contribution is -2.60. The first kappa shape index (κ1) is 28.6. The van der Waals surface area contributed by atoms with Gasteiger partial charge >= 0.3 is 0 Å². The summed E-state index contributed by atoms with van der Waals surface area (Å²) in [6.07, 6.45) is 29.6. The lowest BCUT2D eigenvalue weighted by Gasteiger charge is -2.36. The number of nitrogens with two attached hydrogens (primary N) is 1. The Morgan fingerprint density at radius 2 is 1.44 bits per heavy atom. The maximum Gasteiger partial charge on any atom is 0.209 e. The normalized spacial score (nSPS) is 19.0. The fourth-order valence-corrected chi connectivity index (χ4v) is 4.47. The van der Waals surface area contributed by atoms with Crippen LogP contribution in [0.25, 0.3) is 0 Å². The van der Waals surface area contributed by atoms with E-state index in [1.165, 1.54) is 83.5 Å². The molecule has 0 aromatic rings. The Hall–Kier alpha value is -1.46. The van der Waals surface area contributed by atoms with Gasteiger partial charge in [-0.3, -0.25) is 5.73 Å². The molecule has 0 bridgehead atoms. The van der Waals surface area contributed by atoms with E-state index in [4.69, 9.17) is 5.73 Å². The number of carboxylic acids is 1. The van der Waals surface area contributed by atoms with Crippen LogP contribution >= 0.6 is 0 Å². The second-order valence-corrected chi connectivity index (χ2v) is 9.44. The first-order valence-electron chi connectivity index (χ1n) is 13.3. The van der Waals surface area contributed by atoms with Crippen LogP contribution < -0.4 is 10.8 Å². The predicted octanol–water partition coefficient (Wildman–Crippen LogP) is 5.95. The van der Waals surface area contributed by atoms with Gasteiger partial charge in [0.05, 0.1) is 12.2 Å². The molecule has 32 heavy (non-hydrogen) atoms. The van der Waals surface area contributed by atoms with Crippen LogP contribution in [0.15, 0.2) is 29.5 Å². The number of amidine groups is 1. The lowest BCUT2D eigenvalue weighted by molar-refractivity contribution is -0.808. The Balaban J connectivity index is 1.98. The smallest absolute Gasteiger partial charge is 0.209 e. The minimum Gasteiger partial charge on any atom is -0.544 e. The number of allylic oxidation sites excluding steroid dienone is 2. The zero-order valence-electron chi connectivity index (χ0n) is 20.9. The molecule has 0 fully saturated rings. The molecule has 0 aliphatic carbocycles. The van der Waals surface area contributed by atoms with Gasteiger partial charge in [-0.25, -0.2) is 9.48 Å². The molecule has 0 saturated carbocycles. The van der Waals surface area contributed by atoms with Crippen molar-refractivity contribution in [3.63, 3.8) is 0 Å². The van der Waals surface area contributed by atoms with Crippen LogP contribution in [-0.4, -0.2) is 29.0 Å². The first-order valence-corrected chi connectivity index (χ1v) is 13.3. The highest BCUT2D eigenvalue weighted by atomic mass is 16.4. The summed E-state index contributed by atoms with van der Waals surface area (Å²) in [5.41, 5.74) is 6.08. The summed E-state index contributed by atoms with van der Waals surface area (Å²) in [6, 6.07) is 0. The van der Waals surface area contributed by atoms with Crippen molar-refractivity contribution >= 4 is 11.8 Å². The molecular weight excluding hydrogens is 398 g/mol. The average Bonchev–Trinajstić information content (AvgIpc) is 3.16. The maximum absolute atomic E-state index is 11.2. The summed E-state index contributed by atoms with van der Waals surface area (Å²) in [6.45, 7) is 3.95. The minimum absolute atomic E-state index is 0.0883. The van der Waals surface area contributed by atoms with Crippen molar-refractivity contribution in [2.24, 2.45) is 10.7 Å². The van der Waals surface area contributed by atoms with Crippen LogP contribution in [0.3, 0.4) is 0 Å². The molecule has 0 spiro atoms. The van der Waals surface area contributed by atoms with E-state index in [1.807, 2.05) is 6.92 Å². The molecule has 0 saturated heterocycles. The number of nitrogens with zero attached hydrogens (tertiary/aromatic N) is 2. The third-order valence-corrected chi connectivity index (χ3v) is 6.57. The van der Waals surface area contributed by atoms with E-state index in [-0.39, 0.29) is 17.2 Å². The number of hydrogen-bond donors (Lipinski definition) is 1. The Morgan fingerprint density at radius 3 is 1.94 bits per heavy atom. The first-order chi connectivity index (χ1) is 15.5. The Kier molecular flexibility index (Phi) is 16.1. The van der Waals surface area contributed by atoms with E-state index in [0.29, 0.717) is 0 Å². The molecule has 5 nitrogen and oxygen atoms in total. The van der Waals surface area contributed by atoms with Crippen molar-refractivity contribution in [3.05, 3.63) is 24.6 Å². The number of carbonyl (C=O) groups excluding carboxylic acids is 1. The van der Waals surface area contributed by atoms with Crippen LogP contribution in [0.4, 0.5) is 0 Å². The molecule has 1 aliphatic heterocycles. The number of carbonyl (C=O) groups is 1. The molecule has 0 aromatic carbocycles. The Bertz CT molecular complexity index is 583. The van der Waals surface area contributed by atoms with Gasteiger partial charge < -0.3 is 9.90 Å². The summed E-state index contributed by atoms with van der Waals surface area (Å²) in [4.78, 5) is 15.6. The van der Waals surface area contributed by atoms with E-state index in [9.17, 15) is 9.90 Å². The second kappa shape index (κ2) is 18.0. The topological polar surface area (TPSA) is 78.5 Å². The number of rotatable bonds is 21. The highest BCUT2D eigenvalue weighted by Gasteiger charge is 2.38. The van der Waals surface area contributed by atoms with E-state index in [2.05, 4.69) is 24.1 Å². The van der Waals surface area contributed by atoms with Crippen LogP contribution in [0.5, 0.6) is 0 Å². The van der Waals surface area contributed by atoms with Crippen molar-refractivity contribution < 1.29 is 14.4 Å². The number of aliphatic imine (C=N–C) groups is 1. The van der Waals surface area contributed by atoms with Gasteiger partial charge in [0, 0.05) is 13.3 Å². The predicted molar refractivity (Wildman–Crippen MR) is 134 cm³/mol. The third-order valence-electron chi connectivity index (χ3n) is 6.57. The van der Waals surface area contributed by atoms with Gasteiger partial charge in [-0.2, -0.15) is 0 Å². The molecule has 2 unspecified atom stereocenters. The van der Waals surface area contributed by atoms with Crippen LogP contribution in [0, 0.1) is 0 Å². The molecule has 5 heteroatoms. The van der Waals surface area contributed by atoms with Crippen molar-refractivity contribution in [3.8, 4) is 0 Å². The number of aliphatic carboxylic acids is 1.